The van der Waals surface area contributed by atoms with E-state index in [1.54, 1.807) is 12.1 Å². The molecule has 8 heteroatoms. The minimum atomic E-state index is -3.75. The van der Waals surface area contributed by atoms with E-state index < -0.39 is 20.5 Å². The topological polar surface area (TPSA) is 75.3 Å². The Kier molecular flexibility index (Phi) is 8.61. The predicted octanol–water partition coefficient (Wildman–Crippen LogP) is 2.15. The summed E-state index contributed by atoms with van der Waals surface area (Å²) < 4.78 is 24.5. The first-order valence-electron chi connectivity index (χ1n) is 6.72. The number of carbonyl (C=O) groups excluding carboxylic acids is 1. The first kappa shape index (κ1) is 21.4. The van der Waals surface area contributed by atoms with E-state index >= 15 is 0 Å². The van der Waals surface area contributed by atoms with Crippen LogP contribution < -0.4 is 10.6 Å². The predicted molar refractivity (Wildman–Crippen MR) is 94.2 cm³/mol. The highest BCUT2D eigenvalue weighted by Gasteiger charge is 2.42. The van der Waals surface area contributed by atoms with E-state index in [9.17, 15) is 13.2 Å². The van der Waals surface area contributed by atoms with Gasteiger partial charge >= 0.3 is 0 Å². The Morgan fingerprint density at radius 1 is 1.18 bits per heavy atom. The molecule has 126 valence electrons. The van der Waals surface area contributed by atoms with Crippen molar-refractivity contribution >= 4 is 44.1 Å². The van der Waals surface area contributed by atoms with Crippen molar-refractivity contribution in [2.45, 2.75) is 30.4 Å². The van der Waals surface area contributed by atoms with Gasteiger partial charge in [0.05, 0.1) is 4.90 Å². The lowest BCUT2D eigenvalue weighted by atomic mass is 10.2. The van der Waals surface area contributed by atoms with Crippen molar-refractivity contribution in [3.8, 4) is 0 Å². The van der Waals surface area contributed by atoms with Gasteiger partial charge in [0.2, 0.25) is 5.91 Å². The number of sulfone groups is 1. The third-order valence-corrected chi connectivity index (χ3v) is 6.13. The average Bonchev–Trinajstić information content (AvgIpc) is 2.43. The summed E-state index contributed by atoms with van der Waals surface area (Å²) in [5.74, 6) is -0.497. The van der Waals surface area contributed by atoms with Crippen molar-refractivity contribution in [1.29, 1.82) is 0 Å². The molecule has 0 saturated heterocycles. The quantitative estimate of drug-likeness (QED) is 0.672. The minimum Gasteiger partial charge on any atom is -0.353 e. The molecule has 22 heavy (non-hydrogen) atoms. The van der Waals surface area contributed by atoms with Crippen LogP contribution in [-0.2, 0) is 14.6 Å². The summed E-state index contributed by atoms with van der Waals surface area (Å²) in [6, 6.07) is 6.28. The van der Waals surface area contributed by atoms with Gasteiger partial charge in [-0.1, -0.05) is 22.9 Å². The summed E-state index contributed by atoms with van der Waals surface area (Å²) in [5.41, 5.74) is 0. The maximum atomic E-state index is 12.6. The first-order valence-corrected chi connectivity index (χ1v) is 9.00. The van der Waals surface area contributed by atoms with Crippen LogP contribution in [0.4, 0.5) is 0 Å². The summed E-state index contributed by atoms with van der Waals surface area (Å²) in [5, 5.41) is 5.72. The molecule has 1 amide bonds. The molecular formula is C14H22BrClN2O3S. The molecule has 0 spiro atoms. The largest absolute Gasteiger partial charge is 0.353 e. The zero-order valence-corrected chi connectivity index (χ0v) is 16.1. The zero-order chi connectivity index (χ0) is 16.1. The number of halogens is 2. The molecule has 0 aliphatic rings. The van der Waals surface area contributed by atoms with Gasteiger partial charge in [-0.25, -0.2) is 8.42 Å². The van der Waals surface area contributed by atoms with E-state index in [2.05, 4.69) is 26.6 Å². The molecule has 5 nitrogen and oxygen atoms in total. The van der Waals surface area contributed by atoms with Crippen molar-refractivity contribution in [3.63, 3.8) is 0 Å². The number of carbonyl (C=O) groups is 1. The Morgan fingerprint density at radius 3 is 2.23 bits per heavy atom. The standard InChI is InChI=1S/C14H21BrN2O3S.ClH/c1-4-16-9-10-17-13(18)14(2,3)21(19,20)12-7-5-11(15)6-8-12;/h5-8,16H,4,9-10H2,1-3H3,(H,17,18);1H. The van der Waals surface area contributed by atoms with Crippen molar-refractivity contribution in [2.24, 2.45) is 0 Å². The van der Waals surface area contributed by atoms with Crippen LogP contribution in [0.25, 0.3) is 0 Å². The SMILES string of the molecule is CCNCCNC(=O)C(C)(C)S(=O)(=O)c1ccc(Br)cc1.Cl. The Bertz CT molecular complexity index is 589. The number of benzene rings is 1. The van der Waals surface area contributed by atoms with Crippen LogP contribution in [-0.4, -0.2) is 38.7 Å². The van der Waals surface area contributed by atoms with E-state index in [1.165, 1.54) is 26.0 Å². The van der Waals surface area contributed by atoms with Crippen LogP contribution in [0.15, 0.2) is 33.6 Å². The number of amides is 1. The minimum absolute atomic E-state index is 0. The fourth-order valence-corrected chi connectivity index (χ4v) is 3.35. The van der Waals surface area contributed by atoms with Gasteiger partial charge in [0.1, 0.15) is 4.75 Å². The molecular weight excluding hydrogens is 392 g/mol. The number of nitrogens with one attached hydrogen (secondary N) is 2. The lowest BCUT2D eigenvalue weighted by Crippen LogP contribution is -2.49. The van der Waals surface area contributed by atoms with Gasteiger partial charge in [-0.15, -0.1) is 12.4 Å². The van der Waals surface area contributed by atoms with Crippen molar-refractivity contribution in [1.82, 2.24) is 10.6 Å². The second-order valence-electron chi connectivity index (χ2n) is 5.08. The summed E-state index contributed by atoms with van der Waals surface area (Å²) >= 11 is 3.26. The van der Waals surface area contributed by atoms with E-state index in [0.29, 0.717) is 13.1 Å². The maximum Gasteiger partial charge on any atom is 0.241 e. The summed E-state index contributed by atoms with van der Waals surface area (Å²) in [6.07, 6.45) is 0. The fourth-order valence-electron chi connectivity index (χ4n) is 1.68. The van der Waals surface area contributed by atoms with Crippen molar-refractivity contribution in [3.05, 3.63) is 28.7 Å². The van der Waals surface area contributed by atoms with E-state index in [1.807, 2.05) is 6.92 Å². The van der Waals surface area contributed by atoms with Crippen molar-refractivity contribution in [2.75, 3.05) is 19.6 Å². The van der Waals surface area contributed by atoms with Crippen molar-refractivity contribution < 1.29 is 13.2 Å². The van der Waals surface area contributed by atoms with Gasteiger partial charge in [-0.3, -0.25) is 4.79 Å². The summed E-state index contributed by atoms with van der Waals surface area (Å²) in [7, 11) is -3.75. The molecule has 0 unspecified atom stereocenters. The molecule has 0 saturated carbocycles. The van der Waals surface area contributed by atoms with Crippen LogP contribution in [0.3, 0.4) is 0 Å². The molecule has 0 aromatic heterocycles. The molecule has 2 N–H and O–H groups in total. The number of hydrogen-bond acceptors (Lipinski definition) is 4. The number of rotatable bonds is 7. The molecule has 0 aliphatic heterocycles. The van der Waals surface area contributed by atoms with Gasteiger partial charge in [0, 0.05) is 17.6 Å². The third-order valence-electron chi connectivity index (χ3n) is 3.18. The maximum absolute atomic E-state index is 12.6. The summed E-state index contributed by atoms with van der Waals surface area (Å²) in [6.45, 7) is 6.61. The average molecular weight is 414 g/mol. The highest BCUT2D eigenvalue weighted by Crippen LogP contribution is 2.26. The molecule has 0 atom stereocenters. The molecule has 0 radical (unpaired) electrons. The van der Waals surface area contributed by atoms with E-state index in [0.717, 1.165) is 11.0 Å². The van der Waals surface area contributed by atoms with Crippen LogP contribution in [0.5, 0.6) is 0 Å². The smallest absolute Gasteiger partial charge is 0.241 e. The lowest BCUT2D eigenvalue weighted by Gasteiger charge is -2.24. The third kappa shape index (κ3) is 4.94. The molecule has 0 bridgehead atoms. The molecule has 0 fully saturated rings. The number of likely N-dealkylation sites (N-methyl/N-ethyl adjacent to an activating group) is 1. The van der Waals surface area contributed by atoms with Crippen LogP contribution >= 0.6 is 28.3 Å². The normalized spacial score (nSPS) is 11.6. The highest BCUT2D eigenvalue weighted by atomic mass is 79.9. The molecule has 1 aromatic carbocycles. The van der Waals surface area contributed by atoms with Gasteiger partial charge in [0.25, 0.3) is 0 Å². The Balaban J connectivity index is 0.00000441. The van der Waals surface area contributed by atoms with E-state index in [4.69, 9.17) is 0 Å². The van der Waals surface area contributed by atoms with Crippen LogP contribution in [0, 0.1) is 0 Å². The second-order valence-corrected chi connectivity index (χ2v) is 8.49. The Morgan fingerprint density at radius 2 is 1.73 bits per heavy atom. The van der Waals surface area contributed by atoms with Gasteiger partial charge in [-0.05, 0) is 44.7 Å². The van der Waals surface area contributed by atoms with E-state index in [-0.39, 0.29) is 17.3 Å². The van der Waals surface area contributed by atoms with Crippen LogP contribution in [0.1, 0.15) is 20.8 Å². The van der Waals surface area contributed by atoms with Gasteiger partial charge in [-0.2, -0.15) is 0 Å². The lowest BCUT2D eigenvalue weighted by molar-refractivity contribution is -0.122. The van der Waals surface area contributed by atoms with Gasteiger partial charge in [0.15, 0.2) is 9.84 Å². The Labute approximate surface area is 146 Å². The zero-order valence-electron chi connectivity index (χ0n) is 12.8. The summed E-state index contributed by atoms with van der Waals surface area (Å²) in [4.78, 5) is 12.3. The molecule has 1 aromatic rings. The molecule has 1 rings (SSSR count). The monoisotopic (exact) mass is 412 g/mol. The van der Waals surface area contributed by atoms with Crippen LogP contribution in [0.2, 0.25) is 0 Å². The van der Waals surface area contributed by atoms with Gasteiger partial charge < -0.3 is 10.6 Å². The number of hydrogen-bond donors (Lipinski definition) is 2. The molecule has 0 heterocycles. The second kappa shape index (κ2) is 8.86. The Hall–Kier alpha value is -0.630. The fraction of sp³-hybridized carbons (Fsp3) is 0.500. The highest BCUT2D eigenvalue weighted by molar-refractivity contribution is 9.10. The molecule has 0 aliphatic carbocycles. The first-order chi connectivity index (χ1) is 9.73.